The van der Waals surface area contributed by atoms with Gasteiger partial charge in [0.2, 0.25) is 0 Å². The summed E-state index contributed by atoms with van der Waals surface area (Å²) >= 11 is 0. The van der Waals surface area contributed by atoms with Gasteiger partial charge in [-0.2, -0.15) is 0 Å². The van der Waals surface area contributed by atoms with Gasteiger partial charge in [0.05, 0.1) is 0 Å². The van der Waals surface area contributed by atoms with Crippen LogP contribution in [-0.2, 0) is 9.36 Å². The number of hydrogen-bond donors (Lipinski definition) is 4. The quantitative estimate of drug-likeness (QED) is 0.306. The van der Waals surface area contributed by atoms with E-state index in [9.17, 15) is 9.36 Å². The van der Waals surface area contributed by atoms with Gasteiger partial charge in [-0.05, 0) is 0 Å². The maximum absolute atomic E-state index is 9.84. The maximum atomic E-state index is 9.84. The van der Waals surface area contributed by atoms with Crippen LogP contribution in [0.5, 0.6) is 0 Å². The van der Waals surface area contributed by atoms with E-state index in [0.717, 1.165) is 0 Å². The number of carboxylic acids is 1. The molecule has 0 aliphatic rings. The van der Waals surface area contributed by atoms with Crippen molar-refractivity contribution < 1.29 is 29.4 Å². The number of carboxylic acid groups (broad SMARTS) is 1. The Hall–Kier alpha value is 2.85. The molecular weight excluding hydrogens is 229 g/mol. The summed E-state index contributed by atoms with van der Waals surface area (Å²) in [7, 11) is -4.86. The Kier molecular flexibility index (Phi) is 14.5. The Morgan fingerprint density at radius 1 is 1.27 bits per heavy atom. The summed E-state index contributed by atoms with van der Waals surface area (Å²) in [6, 6.07) is 0. The fourth-order valence-corrected chi connectivity index (χ4v) is 0.432. The van der Waals surface area contributed by atoms with Crippen LogP contribution in [0.2, 0.25) is 0 Å². The number of hydrogen-bond acceptors (Lipinski definition) is 3. The number of aliphatic hydroxyl groups is 1. The molecule has 0 amide bonds. The zero-order valence-electron chi connectivity index (χ0n) is 4.13. The third-order valence-corrected chi connectivity index (χ3v) is 1.40. The Bertz CT molecular complexity index is 164. The molecule has 0 saturated carbocycles. The Morgan fingerprint density at radius 3 is 1.55 bits per heavy atom. The van der Waals surface area contributed by atoms with E-state index in [-0.39, 0.29) is 103 Å². The molecule has 0 aliphatic carbocycles. The molecule has 0 heterocycles. The predicted molar refractivity (Wildman–Crippen MR) is 40.0 cm³/mol. The van der Waals surface area contributed by atoms with E-state index in [1.54, 1.807) is 0 Å². The molecule has 0 rings (SSSR count). The molecular formula is C2H7K2O6P. The minimum absolute atomic E-state index is 0. The molecule has 0 aliphatic heterocycles. The van der Waals surface area contributed by atoms with Crippen molar-refractivity contribution in [2.75, 3.05) is 0 Å². The van der Waals surface area contributed by atoms with Gasteiger partial charge in [0.1, 0.15) is 0 Å². The van der Waals surface area contributed by atoms with Gasteiger partial charge in [0.15, 0.2) is 0 Å². The van der Waals surface area contributed by atoms with E-state index in [4.69, 9.17) is 20.0 Å². The second kappa shape index (κ2) is 8.19. The summed E-state index contributed by atoms with van der Waals surface area (Å²) < 4.78 is 9.84. The molecule has 1 atom stereocenters. The molecule has 9 heteroatoms. The molecule has 11 heavy (non-hydrogen) atoms. The number of aliphatic carboxylic acids is 1. The van der Waals surface area contributed by atoms with Crippen molar-refractivity contribution >= 4 is 116 Å². The van der Waals surface area contributed by atoms with Crippen molar-refractivity contribution in [3.05, 3.63) is 0 Å². The number of aliphatic hydroxyl groups excluding tert-OH is 1. The normalized spacial score (nSPS) is 12.3. The molecule has 1 unspecified atom stereocenters. The second-order valence-electron chi connectivity index (χ2n) is 1.30. The van der Waals surface area contributed by atoms with Gasteiger partial charge in [0.25, 0.3) is 5.85 Å². The van der Waals surface area contributed by atoms with E-state index in [0.29, 0.717) is 0 Å². The van der Waals surface area contributed by atoms with Crippen molar-refractivity contribution in [2.24, 2.45) is 0 Å². The Balaban J connectivity index is -0.000000320. The van der Waals surface area contributed by atoms with Crippen molar-refractivity contribution in [3.8, 4) is 0 Å². The zero-order chi connectivity index (χ0) is 7.65. The van der Waals surface area contributed by atoms with Gasteiger partial charge in [-0.25, -0.2) is 4.79 Å². The van der Waals surface area contributed by atoms with Gasteiger partial charge in [-0.15, -0.1) is 0 Å². The SMILES string of the molecule is O=C(O)C(O)P(=O)(O)O.[KH].[KH]. The van der Waals surface area contributed by atoms with Gasteiger partial charge in [-0.1, -0.05) is 0 Å². The van der Waals surface area contributed by atoms with Crippen LogP contribution in [0.25, 0.3) is 0 Å². The van der Waals surface area contributed by atoms with Gasteiger partial charge in [0, 0.05) is 0 Å². The molecule has 0 aromatic heterocycles. The first-order valence-electron chi connectivity index (χ1n) is 1.82. The van der Waals surface area contributed by atoms with Gasteiger partial charge >= 0.3 is 116 Å². The monoisotopic (exact) mass is 236 g/mol. The van der Waals surface area contributed by atoms with Gasteiger partial charge in [-0.3, -0.25) is 4.57 Å². The zero-order valence-corrected chi connectivity index (χ0v) is 5.02. The first kappa shape index (κ1) is 19.4. The first-order valence-corrected chi connectivity index (χ1v) is 3.50. The first-order chi connectivity index (χ1) is 3.85. The van der Waals surface area contributed by atoms with Crippen molar-refractivity contribution in [1.82, 2.24) is 0 Å². The molecule has 0 aromatic rings. The van der Waals surface area contributed by atoms with Crippen molar-refractivity contribution in [3.63, 3.8) is 0 Å². The summed E-state index contributed by atoms with van der Waals surface area (Å²) in [5.74, 6) is -4.53. The van der Waals surface area contributed by atoms with Crippen LogP contribution in [0.1, 0.15) is 0 Å². The molecule has 0 aromatic carbocycles. The average molecular weight is 236 g/mol. The minimum atomic E-state index is -4.86. The molecule has 58 valence electrons. The average Bonchev–Trinajstić information content (AvgIpc) is 1.62. The van der Waals surface area contributed by atoms with Crippen LogP contribution < -0.4 is 0 Å². The van der Waals surface area contributed by atoms with E-state index < -0.39 is 19.4 Å². The number of rotatable bonds is 2. The molecule has 0 saturated heterocycles. The van der Waals surface area contributed by atoms with Crippen LogP contribution in [0.15, 0.2) is 0 Å². The summed E-state index contributed by atoms with van der Waals surface area (Å²) in [6.45, 7) is 0. The topological polar surface area (TPSA) is 115 Å². The van der Waals surface area contributed by atoms with E-state index >= 15 is 0 Å². The summed E-state index contributed by atoms with van der Waals surface area (Å²) in [5, 5.41) is 15.9. The molecule has 4 N–H and O–H groups in total. The van der Waals surface area contributed by atoms with Crippen LogP contribution >= 0.6 is 7.60 Å². The molecule has 0 fully saturated rings. The van der Waals surface area contributed by atoms with E-state index in [2.05, 4.69) is 0 Å². The Morgan fingerprint density at radius 2 is 1.55 bits per heavy atom. The Labute approximate surface area is 148 Å². The second-order valence-corrected chi connectivity index (χ2v) is 2.97. The summed E-state index contributed by atoms with van der Waals surface area (Å²) in [5.41, 5.74) is 0. The van der Waals surface area contributed by atoms with E-state index in [1.807, 2.05) is 0 Å². The van der Waals surface area contributed by atoms with Crippen LogP contribution in [0, 0.1) is 0 Å². The summed E-state index contributed by atoms with van der Waals surface area (Å²) in [6.07, 6.45) is 0. The molecule has 0 radical (unpaired) electrons. The molecule has 6 nitrogen and oxygen atoms in total. The van der Waals surface area contributed by atoms with Crippen LogP contribution in [0.4, 0.5) is 0 Å². The number of carbonyl (C=O) groups is 1. The fraction of sp³-hybridized carbons (Fsp3) is 0.500. The van der Waals surface area contributed by atoms with Crippen LogP contribution in [-0.4, -0.2) is 135 Å². The van der Waals surface area contributed by atoms with Gasteiger partial charge < -0.3 is 20.0 Å². The van der Waals surface area contributed by atoms with E-state index in [1.165, 1.54) is 0 Å². The fourth-order valence-electron chi connectivity index (χ4n) is 0.144. The third kappa shape index (κ3) is 9.16. The molecule has 0 spiro atoms. The molecule has 0 bridgehead atoms. The third-order valence-electron chi connectivity index (χ3n) is 0.539. The van der Waals surface area contributed by atoms with Crippen molar-refractivity contribution in [1.29, 1.82) is 0 Å². The predicted octanol–water partition coefficient (Wildman–Crippen LogP) is -2.73. The summed E-state index contributed by atoms with van der Waals surface area (Å²) in [4.78, 5) is 25.5. The van der Waals surface area contributed by atoms with Crippen LogP contribution in [0.3, 0.4) is 0 Å². The standard InChI is InChI=1S/C2H5O6P.2K.2H/c3-1(4)2(5)9(6,7)8;;;;/h2,5H,(H,3,4)(H2,6,7,8);;;;. The van der Waals surface area contributed by atoms with Crippen molar-refractivity contribution in [2.45, 2.75) is 5.85 Å².